The maximum absolute atomic E-state index is 11.0. The highest BCUT2D eigenvalue weighted by atomic mass is 16.4. The standard InChI is InChI=1S/C13H17NO2/c1-13(12(15)16)8-11(13)9-4-6-10(7-5-9)14(2)3/h4-7,11H,8H2,1-3H3,(H,15,16). The van der Waals surface area contributed by atoms with Crippen molar-refractivity contribution in [3.05, 3.63) is 29.8 Å². The molecular weight excluding hydrogens is 202 g/mol. The molecule has 2 rings (SSSR count). The summed E-state index contributed by atoms with van der Waals surface area (Å²) < 4.78 is 0. The quantitative estimate of drug-likeness (QED) is 0.848. The minimum Gasteiger partial charge on any atom is -0.481 e. The minimum atomic E-state index is -0.686. The molecule has 3 heteroatoms. The third kappa shape index (κ3) is 1.66. The van der Waals surface area contributed by atoms with Crippen LogP contribution in [0.3, 0.4) is 0 Å². The molecule has 1 aliphatic carbocycles. The van der Waals surface area contributed by atoms with Gasteiger partial charge < -0.3 is 10.0 Å². The van der Waals surface area contributed by atoms with E-state index in [0.29, 0.717) is 0 Å². The molecule has 0 bridgehead atoms. The van der Waals surface area contributed by atoms with Gasteiger partial charge in [0.05, 0.1) is 5.41 Å². The molecule has 1 N–H and O–H groups in total. The molecule has 1 aromatic carbocycles. The number of carboxylic acid groups (broad SMARTS) is 1. The van der Waals surface area contributed by atoms with Crippen molar-refractivity contribution in [1.29, 1.82) is 0 Å². The average molecular weight is 219 g/mol. The zero-order valence-corrected chi connectivity index (χ0v) is 9.90. The Balaban J connectivity index is 2.16. The third-order valence-electron chi connectivity index (χ3n) is 3.54. The number of rotatable bonds is 3. The van der Waals surface area contributed by atoms with Gasteiger partial charge in [0, 0.05) is 25.7 Å². The largest absolute Gasteiger partial charge is 0.481 e. The molecule has 86 valence electrons. The highest BCUT2D eigenvalue weighted by Crippen LogP contribution is 2.59. The molecule has 1 aliphatic rings. The lowest BCUT2D eigenvalue weighted by Crippen LogP contribution is -2.12. The summed E-state index contributed by atoms with van der Waals surface area (Å²) in [7, 11) is 3.99. The van der Waals surface area contributed by atoms with Gasteiger partial charge in [0.15, 0.2) is 0 Å². The van der Waals surface area contributed by atoms with Crippen molar-refractivity contribution in [2.75, 3.05) is 19.0 Å². The molecule has 0 amide bonds. The molecule has 0 spiro atoms. The molecule has 2 unspecified atom stereocenters. The number of hydrogen-bond acceptors (Lipinski definition) is 2. The van der Waals surface area contributed by atoms with E-state index >= 15 is 0 Å². The predicted molar refractivity (Wildman–Crippen MR) is 63.9 cm³/mol. The monoisotopic (exact) mass is 219 g/mol. The van der Waals surface area contributed by atoms with Gasteiger partial charge in [0.1, 0.15) is 0 Å². The first kappa shape index (κ1) is 11.0. The van der Waals surface area contributed by atoms with Crippen molar-refractivity contribution < 1.29 is 9.90 Å². The van der Waals surface area contributed by atoms with Crippen LogP contribution in [0, 0.1) is 5.41 Å². The Labute approximate surface area is 95.7 Å². The normalized spacial score (nSPS) is 27.6. The summed E-state index contributed by atoms with van der Waals surface area (Å²) in [5.74, 6) is -0.504. The summed E-state index contributed by atoms with van der Waals surface area (Å²) >= 11 is 0. The third-order valence-corrected chi connectivity index (χ3v) is 3.54. The van der Waals surface area contributed by atoms with Gasteiger partial charge in [0.2, 0.25) is 0 Å². The van der Waals surface area contributed by atoms with E-state index in [2.05, 4.69) is 0 Å². The summed E-state index contributed by atoms with van der Waals surface area (Å²) in [5, 5.41) is 9.08. The molecule has 2 atom stereocenters. The van der Waals surface area contributed by atoms with E-state index in [-0.39, 0.29) is 5.92 Å². The molecule has 0 aromatic heterocycles. The summed E-state index contributed by atoms with van der Waals surface area (Å²) in [6, 6.07) is 8.15. The van der Waals surface area contributed by atoms with Crippen LogP contribution < -0.4 is 4.90 Å². The molecule has 1 fully saturated rings. The smallest absolute Gasteiger partial charge is 0.309 e. The first-order valence-electron chi connectivity index (χ1n) is 5.46. The Hall–Kier alpha value is -1.51. The topological polar surface area (TPSA) is 40.5 Å². The van der Waals surface area contributed by atoms with Crippen molar-refractivity contribution >= 4 is 11.7 Å². The molecule has 1 saturated carbocycles. The zero-order valence-electron chi connectivity index (χ0n) is 9.90. The summed E-state index contributed by atoms with van der Waals surface area (Å²) in [6.45, 7) is 1.82. The number of aliphatic carboxylic acids is 1. The zero-order chi connectivity index (χ0) is 11.9. The molecule has 0 saturated heterocycles. The Morgan fingerprint density at radius 1 is 1.38 bits per heavy atom. The molecule has 0 heterocycles. The van der Waals surface area contributed by atoms with Crippen LogP contribution in [0.2, 0.25) is 0 Å². The number of anilines is 1. The van der Waals surface area contributed by atoms with Gasteiger partial charge in [-0.3, -0.25) is 4.79 Å². The van der Waals surface area contributed by atoms with Crippen LogP contribution in [0.25, 0.3) is 0 Å². The lowest BCUT2D eigenvalue weighted by atomic mass is 10.0. The van der Waals surface area contributed by atoms with Gasteiger partial charge in [-0.05, 0) is 31.0 Å². The first-order valence-corrected chi connectivity index (χ1v) is 5.46. The van der Waals surface area contributed by atoms with Crippen molar-refractivity contribution in [2.45, 2.75) is 19.3 Å². The van der Waals surface area contributed by atoms with E-state index in [1.807, 2.05) is 50.2 Å². The van der Waals surface area contributed by atoms with Crippen LogP contribution in [0.4, 0.5) is 5.69 Å². The van der Waals surface area contributed by atoms with E-state index in [1.165, 1.54) is 0 Å². The van der Waals surface area contributed by atoms with Crippen LogP contribution in [-0.2, 0) is 4.79 Å². The molecule has 16 heavy (non-hydrogen) atoms. The van der Waals surface area contributed by atoms with Gasteiger partial charge in [-0.2, -0.15) is 0 Å². The minimum absolute atomic E-state index is 0.182. The summed E-state index contributed by atoms with van der Waals surface area (Å²) in [4.78, 5) is 13.1. The van der Waals surface area contributed by atoms with Gasteiger partial charge in [-0.25, -0.2) is 0 Å². The van der Waals surface area contributed by atoms with E-state index < -0.39 is 11.4 Å². The number of hydrogen-bond donors (Lipinski definition) is 1. The van der Waals surface area contributed by atoms with Crippen molar-refractivity contribution in [3.8, 4) is 0 Å². The second-order valence-electron chi connectivity index (χ2n) is 4.97. The maximum Gasteiger partial charge on any atom is 0.309 e. The second kappa shape index (κ2) is 3.51. The van der Waals surface area contributed by atoms with Crippen molar-refractivity contribution in [3.63, 3.8) is 0 Å². The van der Waals surface area contributed by atoms with Crippen LogP contribution in [0.5, 0.6) is 0 Å². The highest BCUT2D eigenvalue weighted by Gasteiger charge is 2.56. The molecule has 3 nitrogen and oxygen atoms in total. The van der Waals surface area contributed by atoms with E-state index in [9.17, 15) is 4.79 Å². The van der Waals surface area contributed by atoms with Crippen molar-refractivity contribution in [2.24, 2.45) is 5.41 Å². The van der Waals surface area contributed by atoms with Gasteiger partial charge in [-0.1, -0.05) is 12.1 Å². The number of nitrogens with zero attached hydrogens (tertiary/aromatic N) is 1. The van der Waals surface area contributed by atoms with Gasteiger partial charge in [-0.15, -0.1) is 0 Å². The Morgan fingerprint density at radius 3 is 2.31 bits per heavy atom. The number of carboxylic acids is 1. The summed E-state index contributed by atoms with van der Waals surface area (Å²) in [5.41, 5.74) is 1.73. The van der Waals surface area contributed by atoms with E-state index in [0.717, 1.165) is 17.7 Å². The Bertz CT molecular complexity index is 410. The lowest BCUT2D eigenvalue weighted by Gasteiger charge is -2.13. The highest BCUT2D eigenvalue weighted by molar-refractivity contribution is 5.80. The van der Waals surface area contributed by atoms with Crippen LogP contribution in [0.15, 0.2) is 24.3 Å². The SMILES string of the molecule is CN(C)c1ccc(C2CC2(C)C(=O)O)cc1. The number of benzene rings is 1. The van der Waals surface area contributed by atoms with Gasteiger partial charge in [0.25, 0.3) is 0 Å². The average Bonchev–Trinajstić information content (AvgIpc) is 2.93. The summed E-state index contributed by atoms with van der Waals surface area (Å²) in [6.07, 6.45) is 0.754. The number of carbonyl (C=O) groups is 1. The molecule has 1 aromatic rings. The van der Waals surface area contributed by atoms with Gasteiger partial charge >= 0.3 is 5.97 Å². The van der Waals surface area contributed by atoms with Crippen LogP contribution in [0.1, 0.15) is 24.8 Å². The van der Waals surface area contributed by atoms with Crippen LogP contribution in [-0.4, -0.2) is 25.2 Å². The van der Waals surface area contributed by atoms with Crippen molar-refractivity contribution in [1.82, 2.24) is 0 Å². The Kier molecular flexibility index (Phi) is 2.41. The fourth-order valence-electron chi connectivity index (χ4n) is 2.09. The second-order valence-corrected chi connectivity index (χ2v) is 4.97. The lowest BCUT2D eigenvalue weighted by molar-refractivity contribution is -0.142. The maximum atomic E-state index is 11.0. The van der Waals surface area contributed by atoms with E-state index in [1.54, 1.807) is 0 Å². The Morgan fingerprint density at radius 2 is 1.94 bits per heavy atom. The molecule has 0 radical (unpaired) electrons. The fraction of sp³-hybridized carbons (Fsp3) is 0.462. The molecular formula is C13H17NO2. The predicted octanol–water partition coefficient (Wildman–Crippen LogP) is 2.33. The van der Waals surface area contributed by atoms with E-state index in [4.69, 9.17) is 5.11 Å². The van der Waals surface area contributed by atoms with Crippen LogP contribution >= 0.6 is 0 Å². The fourth-order valence-corrected chi connectivity index (χ4v) is 2.09. The molecule has 0 aliphatic heterocycles. The first-order chi connectivity index (χ1) is 7.45.